The molecule has 0 aliphatic heterocycles. The van der Waals surface area contributed by atoms with Crippen molar-refractivity contribution in [2.24, 2.45) is 5.73 Å². The zero-order valence-corrected chi connectivity index (χ0v) is 7.27. The Hall–Kier alpha value is -1.49. The monoisotopic (exact) mass is 181 g/mol. The van der Waals surface area contributed by atoms with Crippen molar-refractivity contribution in [2.45, 2.75) is 12.8 Å². The van der Waals surface area contributed by atoms with Gasteiger partial charge in [-0.3, -0.25) is 4.79 Å². The molecule has 0 fully saturated rings. The lowest BCUT2D eigenvalue weighted by molar-refractivity contribution is 0.0995. The van der Waals surface area contributed by atoms with Crippen LogP contribution in [0.2, 0.25) is 0 Å². The van der Waals surface area contributed by atoms with Gasteiger partial charge in [-0.1, -0.05) is 6.92 Å². The molecule has 1 rings (SSSR count). The third kappa shape index (κ3) is 2.22. The van der Waals surface area contributed by atoms with Gasteiger partial charge in [-0.05, 0) is 6.07 Å². The van der Waals surface area contributed by atoms with Crippen molar-refractivity contribution in [3.05, 3.63) is 23.8 Å². The second-order valence-electron chi connectivity index (χ2n) is 2.75. The summed E-state index contributed by atoms with van der Waals surface area (Å²) in [7, 11) is 0. The van der Waals surface area contributed by atoms with Gasteiger partial charge >= 0.3 is 0 Å². The van der Waals surface area contributed by atoms with Crippen LogP contribution in [0, 0.1) is 0 Å². The van der Waals surface area contributed by atoms with Crippen LogP contribution in [0.4, 0.5) is 0 Å². The first-order valence-corrected chi connectivity index (χ1v) is 3.88. The summed E-state index contributed by atoms with van der Waals surface area (Å²) in [6.07, 6.45) is 1.45. The van der Waals surface area contributed by atoms with Gasteiger partial charge < -0.3 is 10.8 Å². The van der Waals surface area contributed by atoms with Crippen molar-refractivity contribution in [1.29, 1.82) is 0 Å². The Bertz CT molecular complexity index is 314. The summed E-state index contributed by atoms with van der Waals surface area (Å²) >= 11 is 0. The molecule has 1 atom stereocenters. The first-order chi connectivity index (χ1) is 6.15. The van der Waals surface area contributed by atoms with E-state index in [0.717, 1.165) is 0 Å². The van der Waals surface area contributed by atoms with E-state index in [2.05, 4.69) is 9.97 Å². The minimum absolute atomic E-state index is 0.0534. The lowest BCUT2D eigenvalue weighted by Crippen LogP contribution is -2.15. The first-order valence-electron chi connectivity index (χ1n) is 3.88. The van der Waals surface area contributed by atoms with Crippen molar-refractivity contribution in [2.75, 3.05) is 6.61 Å². The molecule has 0 aromatic carbocycles. The quantitative estimate of drug-likeness (QED) is 0.668. The largest absolute Gasteiger partial charge is 0.396 e. The summed E-state index contributed by atoms with van der Waals surface area (Å²) < 4.78 is 0. The molecule has 0 aliphatic rings. The van der Waals surface area contributed by atoms with E-state index in [9.17, 15) is 4.79 Å². The molecule has 1 aromatic rings. The summed E-state index contributed by atoms with van der Waals surface area (Å²) in [5.74, 6) is -0.341. The highest BCUT2D eigenvalue weighted by Gasteiger charge is 2.09. The van der Waals surface area contributed by atoms with Crippen LogP contribution >= 0.6 is 0 Å². The van der Waals surface area contributed by atoms with E-state index in [4.69, 9.17) is 10.8 Å². The summed E-state index contributed by atoms with van der Waals surface area (Å²) in [6, 6.07) is 1.44. The summed E-state index contributed by atoms with van der Waals surface area (Å²) in [5.41, 5.74) is 5.20. The molecule has 0 spiro atoms. The Morgan fingerprint density at radius 2 is 2.46 bits per heavy atom. The second kappa shape index (κ2) is 3.95. The highest BCUT2D eigenvalue weighted by atomic mass is 16.3. The summed E-state index contributed by atoms with van der Waals surface area (Å²) in [6.45, 7) is 1.71. The number of hydrogen-bond acceptors (Lipinski definition) is 4. The van der Waals surface area contributed by atoms with Gasteiger partial charge in [0.05, 0.1) is 6.61 Å². The minimum atomic E-state index is -0.589. The van der Waals surface area contributed by atoms with Crippen LogP contribution in [0.3, 0.4) is 0 Å². The highest BCUT2D eigenvalue weighted by molar-refractivity contribution is 5.90. The molecule has 5 nitrogen and oxygen atoms in total. The van der Waals surface area contributed by atoms with E-state index in [1.165, 1.54) is 12.3 Å². The van der Waals surface area contributed by atoms with E-state index in [-0.39, 0.29) is 18.2 Å². The molecular weight excluding hydrogens is 170 g/mol. The fourth-order valence-corrected chi connectivity index (χ4v) is 0.830. The molecule has 0 saturated heterocycles. The number of nitrogens with zero attached hydrogens (tertiary/aromatic N) is 2. The van der Waals surface area contributed by atoms with Crippen LogP contribution in [0.25, 0.3) is 0 Å². The Kier molecular flexibility index (Phi) is 2.92. The summed E-state index contributed by atoms with van der Waals surface area (Å²) in [4.78, 5) is 18.5. The third-order valence-corrected chi connectivity index (χ3v) is 1.64. The topological polar surface area (TPSA) is 89.1 Å². The average molecular weight is 181 g/mol. The fraction of sp³-hybridized carbons (Fsp3) is 0.375. The maximum absolute atomic E-state index is 10.7. The normalized spacial score (nSPS) is 12.5. The van der Waals surface area contributed by atoms with Crippen molar-refractivity contribution in [3.63, 3.8) is 0 Å². The van der Waals surface area contributed by atoms with Crippen molar-refractivity contribution < 1.29 is 9.90 Å². The number of hydrogen-bond donors (Lipinski definition) is 2. The number of rotatable bonds is 3. The van der Waals surface area contributed by atoms with Crippen LogP contribution in [-0.4, -0.2) is 27.6 Å². The lowest BCUT2D eigenvalue weighted by atomic mass is 10.2. The molecule has 0 bridgehead atoms. The van der Waals surface area contributed by atoms with Crippen LogP contribution in [0.1, 0.15) is 29.2 Å². The van der Waals surface area contributed by atoms with Gasteiger partial charge in [-0.15, -0.1) is 0 Å². The molecule has 0 saturated carbocycles. The number of carbonyl (C=O) groups is 1. The molecule has 13 heavy (non-hydrogen) atoms. The molecule has 1 aromatic heterocycles. The Morgan fingerprint density at radius 3 is 3.00 bits per heavy atom. The van der Waals surface area contributed by atoms with E-state index < -0.39 is 5.91 Å². The van der Waals surface area contributed by atoms with E-state index >= 15 is 0 Å². The lowest BCUT2D eigenvalue weighted by Gasteiger charge is -2.05. The van der Waals surface area contributed by atoms with E-state index in [1.54, 1.807) is 6.92 Å². The molecule has 70 valence electrons. The van der Waals surface area contributed by atoms with Gasteiger partial charge in [-0.25, -0.2) is 9.97 Å². The van der Waals surface area contributed by atoms with Crippen molar-refractivity contribution in [1.82, 2.24) is 9.97 Å². The Labute approximate surface area is 75.6 Å². The van der Waals surface area contributed by atoms with Gasteiger partial charge in [0.15, 0.2) is 0 Å². The maximum Gasteiger partial charge on any atom is 0.267 e. The van der Waals surface area contributed by atoms with Crippen LogP contribution in [0.5, 0.6) is 0 Å². The van der Waals surface area contributed by atoms with Crippen molar-refractivity contribution in [3.8, 4) is 0 Å². The molecule has 0 radical (unpaired) electrons. The smallest absolute Gasteiger partial charge is 0.267 e. The zero-order chi connectivity index (χ0) is 9.84. The van der Waals surface area contributed by atoms with Gasteiger partial charge in [0, 0.05) is 12.1 Å². The minimum Gasteiger partial charge on any atom is -0.396 e. The SMILES string of the molecule is C[C@H](CO)c1nccc(C(N)=O)n1. The van der Waals surface area contributed by atoms with Crippen LogP contribution in [-0.2, 0) is 0 Å². The average Bonchev–Trinajstić information content (AvgIpc) is 2.17. The van der Waals surface area contributed by atoms with E-state index in [0.29, 0.717) is 5.82 Å². The molecule has 0 unspecified atom stereocenters. The molecule has 3 N–H and O–H groups in total. The Balaban J connectivity index is 2.98. The van der Waals surface area contributed by atoms with Gasteiger partial charge in [0.2, 0.25) is 0 Å². The van der Waals surface area contributed by atoms with Crippen molar-refractivity contribution >= 4 is 5.91 Å². The molecule has 5 heteroatoms. The zero-order valence-electron chi connectivity index (χ0n) is 7.27. The summed E-state index contributed by atoms with van der Waals surface area (Å²) in [5, 5.41) is 8.82. The van der Waals surface area contributed by atoms with Gasteiger partial charge in [-0.2, -0.15) is 0 Å². The third-order valence-electron chi connectivity index (χ3n) is 1.64. The number of nitrogens with two attached hydrogens (primary N) is 1. The molecular formula is C8H11N3O2. The maximum atomic E-state index is 10.7. The molecule has 1 heterocycles. The van der Waals surface area contributed by atoms with Gasteiger partial charge in [0.1, 0.15) is 11.5 Å². The van der Waals surface area contributed by atoms with E-state index in [1.807, 2.05) is 0 Å². The molecule has 0 aliphatic carbocycles. The number of aliphatic hydroxyl groups is 1. The number of aromatic nitrogens is 2. The number of primary amides is 1. The second-order valence-corrected chi connectivity index (χ2v) is 2.75. The predicted octanol–water partition coefficient (Wildman–Crippen LogP) is -0.329. The standard InChI is InChI=1S/C8H11N3O2/c1-5(4-12)8-10-3-2-6(11-8)7(9)13/h2-3,5,12H,4H2,1H3,(H2,9,13)/t5-/m1/s1. The highest BCUT2D eigenvalue weighted by Crippen LogP contribution is 2.08. The Morgan fingerprint density at radius 1 is 1.77 bits per heavy atom. The first kappa shape index (κ1) is 9.60. The van der Waals surface area contributed by atoms with Crippen LogP contribution in [0.15, 0.2) is 12.3 Å². The number of carbonyl (C=O) groups excluding carboxylic acids is 1. The molecule has 1 amide bonds. The number of aliphatic hydroxyl groups excluding tert-OH is 1. The fourth-order valence-electron chi connectivity index (χ4n) is 0.830. The number of amides is 1. The van der Waals surface area contributed by atoms with Crippen LogP contribution < -0.4 is 5.73 Å². The predicted molar refractivity (Wildman–Crippen MR) is 46.1 cm³/mol. The van der Waals surface area contributed by atoms with Gasteiger partial charge in [0.25, 0.3) is 5.91 Å².